The van der Waals surface area contributed by atoms with Crippen LogP contribution in [0, 0.1) is 0 Å². The van der Waals surface area contributed by atoms with Crippen LogP contribution in [0.25, 0.3) is 0 Å². The van der Waals surface area contributed by atoms with Gasteiger partial charge in [-0.25, -0.2) is 0 Å². The van der Waals surface area contributed by atoms with E-state index in [4.69, 9.17) is 9.47 Å². The number of hydrogen-bond donors (Lipinski definition) is 1. The highest BCUT2D eigenvalue weighted by Crippen LogP contribution is 2.32. The number of ether oxygens (including phenoxy) is 2. The largest absolute Gasteiger partial charge is 0.454 e. The van der Waals surface area contributed by atoms with Crippen molar-refractivity contribution in [1.82, 2.24) is 10.2 Å². The van der Waals surface area contributed by atoms with Crippen LogP contribution < -0.4 is 14.8 Å². The van der Waals surface area contributed by atoms with Crippen LogP contribution >= 0.6 is 11.3 Å². The average molecular weight is 353 g/mol. The first-order chi connectivity index (χ1) is 12.3. The normalized spacial score (nSPS) is 12.2. The maximum atomic E-state index is 12.3. The zero-order valence-electron chi connectivity index (χ0n) is 13.3. The van der Waals surface area contributed by atoms with Crippen molar-refractivity contribution < 1.29 is 14.3 Å². The van der Waals surface area contributed by atoms with Crippen LogP contribution in [0.15, 0.2) is 48.5 Å². The summed E-state index contributed by atoms with van der Waals surface area (Å²) < 4.78 is 10.5. The van der Waals surface area contributed by atoms with Gasteiger partial charge in [-0.2, -0.15) is 0 Å². The second-order valence-corrected chi connectivity index (χ2v) is 6.57. The lowest BCUT2D eigenvalue weighted by molar-refractivity contribution is 0.102. The smallest absolute Gasteiger partial charge is 0.257 e. The van der Waals surface area contributed by atoms with Crippen LogP contribution in [-0.4, -0.2) is 22.9 Å². The molecule has 1 aliphatic heterocycles. The van der Waals surface area contributed by atoms with Crippen molar-refractivity contribution in [1.29, 1.82) is 0 Å². The van der Waals surface area contributed by atoms with Gasteiger partial charge >= 0.3 is 0 Å². The fourth-order valence-corrected chi connectivity index (χ4v) is 3.24. The predicted octanol–water partition coefficient (Wildman–Crippen LogP) is 3.30. The van der Waals surface area contributed by atoms with E-state index in [0.717, 1.165) is 17.8 Å². The van der Waals surface area contributed by atoms with Gasteiger partial charge in [0.05, 0.1) is 0 Å². The third-order valence-corrected chi connectivity index (χ3v) is 4.69. The molecule has 0 spiro atoms. The molecule has 1 N–H and O–H groups in total. The molecule has 1 aliphatic rings. The molecule has 126 valence electrons. The molecule has 0 bridgehead atoms. The SMILES string of the molecule is O=C(Nc1nnc(CCc2ccccc2)s1)c1ccc2c(c1)OCO2. The third-order valence-electron chi connectivity index (χ3n) is 3.79. The fourth-order valence-electron chi connectivity index (χ4n) is 2.51. The van der Waals surface area contributed by atoms with Gasteiger partial charge in [0.15, 0.2) is 11.5 Å². The zero-order valence-corrected chi connectivity index (χ0v) is 14.1. The van der Waals surface area contributed by atoms with Crippen molar-refractivity contribution in [3.63, 3.8) is 0 Å². The molecule has 2 heterocycles. The number of nitrogens with one attached hydrogen (secondary N) is 1. The van der Waals surface area contributed by atoms with E-state index in [-0.39, 0.29) is 12.7 Å². The number of aromatic nitrogens is 2. The molecule has 3 aromatic rings. The summed E-state index contributed by atoms with van der Waals surface area (Å²) >= 11 is 1.39. The Balaban J connectivity index is 1.38. The van der Waals surface area contributed by atoms with Crippen molar-refractivity contribution in [2.45, 2.75) is 12.8 Å². The monoisotopic (exact) mass is 353 g/mol. The summed E-state index contributed by atoms with van der Waals surface area (Å²) in [5, 5.41) is 12.4. The Morgan fingerprint density at radius 1 is 1.04 bits per heavy atom. The second-order valence-electron chi connectivity index (χ2n) is 5.51. The van der Waals surface area contributed by atoms with Gasteiger partial charge in [-0.1, -0.05) is 41.7 Å². The number of amides is 1. The number of fused-ring (bicyclic) bond motifs is 1. The summed E-state index contributed by atoms with van der Waals surface area (Å²) in [6, 6.07) is 15.3. The molecule has 0 aliphatic carbocycles. The molecular weight excluding hydrogens is 338 g/mol. The highest BCUT2D eigenvalue weighted by molar-refractivity contribution is 7.15. The van der Waals surface area contributed by atoms with Gasteiger partial charge in [-0.3, -0.25) is 10.1 Å². The van der Waals surface area contributed by atoms with Crippen molar-refractivity contribution in [3.05, 3.63) is 64.7 Å². The molecule has 0 unspecified atom stereocenters. The Morgan fingerprint density at radius 2 is 1.88 bits per heavy atom. The molecule has 7 heteroatoms. The Hall–Kier alpha value is -2.93. The van der Waals surface area contributed by atoms with Crippen LogP contribution in [0.5, 0.6) is 11.5 Å². The molecule has 2 aromatic carbocycles. The number of anilines is 1. The van der Waals surface area contributed by atoms with E-state index < -0.39 is 0 Å². The molecule has 4 rings (SSSR count). The highest BCUT2D eigenvalue weighted by Gasteiger charge is 2.17. The van der Waals surface area contributed by atoms with E-state index in [1.165, 1.54) is 16.9 Å². The fraction of sp³-hybridized carbons (Fsp3) is 0.167. The van der Waals surface area contributed by atoms with Gasteiger partial charge in [-0.05, 0) is 30.2 Å². The van der Waals surface area contributed by atoms with Gasteiger partial charge < -0.3 is 9.47 Å². The number of carbonyl (C=O) groups excluding carboxylic acids is 1. The minimum Gasteiger partial charge on any atom is -0.454 e. The predicted molar refractivity (Wildman–Crippen MR) is 94.3 cm³/mol. The van der Waals surface area contributed by atoms with Crippen molar-refractivity contribution in [2.75, 3.05) is 12.1 Å². The van der Waals surface area contributed by atoms with E-state index in [1.54, 1.807) is 18.2 Å². The summed E-state index contributed by atoms with van der Waals surface area (Å²) in [5.41, 5.74) is 1.74. The number of carbonyl (C=O) groups is 1. The summed E-state index contributed by atoms with van der Waals surface area (Å²) in [6.45, 7) is 0.182. The first-order valence-electron chi connectivity index (χ1n) is 7.85. The van der Waals surface area contributed by atoms with Crippen molar-refractivity contribution >= 4 is 22.4 Å². The lowest BCUT2D eigenvalue weighted by atomic mass is 10.1. The Bertz CT molecular complexity index is 896. The number of benzene rings is 2. The number of nitrogens with zero attached hydrogens (tertiary/aromatic N) is 2. The quantitative estimate of drug-likeness (QED) is 0.762. The molecule has 0 atom stereocenters. The van der Waals surface area contributed by atoms with Crippen LogP contribution in [0.1, 0.15) is 20.9 Å². The highest BCUT2D eigenvalue weighted by atomic mass is 32.1. The summed E-state index contributed by atoms with van der Waals surface area (Å²) in [6.07, 6.45) is 1.69. The molecule has 0 fully saturated rings. The lowest BCUT2D eigenvalue weighted by Crippen LogP contribution is -2.11. The maximum Gasteiger partial charge on any atom is 0.257 e. The van der Waals surface area contributed by atoms with Crippen LogP contribution in [0.3, 0.4) is 0 Å². The minimum absolute atomic E-state index is 0.182. The first kappa shape index (κ1) is 15.6. The van der Waals surface area contributed by atoms with Gasteiger partial charge in [0, 0.05) is 12.0 Å². The molecule has 1 amide bonds. The van der Waals surface area contributed by atoms with Gasteiger partial charge in [0.1, 0.15) is 5.01 Å². The summed E-state index contributed by atoms with van der Waals surface area (Å²) in [7, 11) is 0. The van der Waals surface area contributed by atoms with E-state index >= 15 is 0 Å². The topological polar surface area (TPSA) is 73.3 Å². The molecular formula is C18H15N3O3S. The third kappa shape index (κ3) is 3.61. The molecule has 25 heavy (non-hydrogen) atoms. The minimum atomic E-state index is -0.246. The molecule has 0 saturated carbocycles. The van der Waals surface area contributed by atoms with Crippen molar-refractivity contribution in [3.8, 4) is 11.5 Å². The molecule has 0 radical (unpaired) electrons. The summed E-state index contributed by atoms with van der Waals surface area (Å²) in [5.74, 6) is 0.980. The number of rotatable bonds is 5. The van der Waals surface area contributed by atoms with Crippen molar-refractivity contribution in [2.24, 2.45) is 0 Å². The average Bonchev–Trinajstić information content (AvgIpc) is 3.29. The Kier molecular flexibility index (Phi) is 4.30. The second kappa shape index (κ2) is 6.90. The van der Waals surface area contributed by atoms with E-state index in [2.05, 4.69) is 27.6 Å². The van der Waals surface area contributed by atoms with Crippen LogP contribution in [0.2, 0.25) is 0 Å². The molecule has 6 nitrogen and oxygen atoms in total. The van der Waals surface area contributed by atoms with E-state index in [9.17, 15) is 4.79 Å². The number of aryl methyl sites for hydroxylation is 2. The van der Waals surface area contributed by atoms with Crippen LogP contribution in [-0.2, 0) is 12.8 Å². The molecule has 1 aromatic heterocycles. The molecule has 0 saturated heterocycles. The van der Waals surface area contributed by atoms with Crippen LogP contribution in [0.4, 0.5) is 5.13 Å². The van der Waals surface area contributed by atoms with Gasteiger partial charge in [0.25, 0.3) is 5.91 Å². The Morgan fingerprint density at radius 3 is 2.76 bits per heavy atom. The van der Waals surface area contributed by atoms with E-state index in [1.807, 2.05) is 18.2 Å². The maximum absolute atomic E-state index is 12.3. The van der Waals surface area contributed by atoms with E-state index in [0.29, 0.717) is 22.2 Å². The summed E-state index contributed by atoms with van der Waals surface area (Å²) in [4.78, 5) is 12.3. The van der Waals surface area contributed by atoms with Gasteiger partial charge in [0.2, 0.25) is 11.9 Å². The first-order valence-corrected chi connectivity index (χ1v) is 8.67. The zero-order chi connectivity index (χ0) is 17.1. The number of hydrogen-bond acceptors (Lipinski definition) is 6. The Labute approximate surface area is 148 Å². The lowest BCUT2D eigenvalue weighted by Gasteiger charge is -2.02. The standard InChI is InChI=1S/C18H15N3O3S/c22-17(13-7-8-14-15(10-13)24-11-23-14)19-18-21-20-16(25-18)9-6-12-4-2-1-3-5-12/h1-5,7-8,10H,6,9,11H2,(H,19,21,22). The van der Waals surface area contributed by atoms with Gasteiger partial charge in [-0.15, -0.1) is 10.2 Å².